The van der Waals surface area contributed by atoms with Gasteiger partial charge in [0.25, 0.3) is 5.56 Å². The molecule has 4 aromatic rings. The molecule has 1 amide bonds. The third-order valence-corrected chi connectivity index (χ3v) is 12.6. The second kappa shape index (κ2) is 25.1. The van der Waals surface area contributed by atoms with Crippen molar-refractivity contribution in [2.45, 2.75) is 75.5 Å². The molecule has 0 bridgehead atoms. The molecule has 0 aliphatic carbocycles. The maximum Gasteiger partial charge on any atom is 0.483 e. The summed E-state index contributed by atoms with van der Waals surface area (Å²) in [7, 11) is -11.3. The Balaban J connectivity index is 0.798. The van der Waals surface area contributed by atoms with Gasteiger partial charge in [-0.15, -0.1) is 20.4 Å². The molecule has 1 aromatic carbocycles. The second-order valence-electron chi connectivity index (χ2n) is 15.1. The van der Waals surface area contributed by atoms with Crippen LogP contribution in [0, 0.1) is 13.8 Å². The summed E-state index contributed by atoms with van der Waals surface area (Å²) in [5.74, 6) is 1.18. The minimum atomic E-state index is -5.72. The molecular weight excluding hydrogens is 968 g/mol. The molecule has 5 unspecified atom stereocenters. The van der Waals surface area contributed by atoms with E-state index in [0.717, 1.165) is 16.5 Å². The fourth-order valence-corrected chi connectivity index (χ4v) is 8.66. The highest BCUT2D eigenvalue weighted by atomic mass is 31.3. The van der Waals surface area contributed by atoms with E-state index in [1.54, 1.807) is 19.1 Å². The lowest BCUT2D eigenvalue weighted by atomic mass is 9.99. The number of imidazole rings is 1. The molecule has 2 saturated heterocycles. The first kappa shape index (κ1) is 53.9. The smallest absolute Gasteiger partial charge is 0.483 e. The van der Waals surface area contributed by atoms with Crippen LogP contribution in [-0.4, -0.2) is 203 Å². The molecule has 9 N–H and O–H groups in total. The number of aliphatic hydroxyl groups is 5. The molecule has 0 saturated carbocycles. The first-order valence-electron chi connectivity index (χ1n) is 21.1. The molecule has 382 valence electrons. The number of nitrogens with one attached hydrogen (secondary N) is 2. The number of phosphoric ester groups is 2. The van der Waals surface area contributed by atoms with Gasteiger partial charge in [-0.2, -0.15) is 4.31 Å². The zero-order chi connectivity index (χ0) is 49.7. The maximum atomic E-state index is 12.8. The predicted octanol–water partition coefficient (Wildman–Crippen LogP) is -2.69. The Kier molecular flexibility index (Phi) is 19.6. The Hall–Kier alpha value is -4.40. The van der Waals surface area contributed by atoms with E-state index in [-0.39, 0.29) is 49.8 Å². The Labute approximate surface area is 391 Å². The molecule has 2 fully saturated rings. The Morgan fingerprint density at radius 3 is 2.03 bits per heavy atom. The lowest BCUT2D eigenvalue weighted by molar-refractivity contribution is -0.273. The summed E-state index contributed by atoms with van der Waals surface area (Å²) in [6.45, 7) is 4.00. The lowest BCUT2D eigenvalue weighted by Gasteiger charge is -2.40. The maximum absolute atomic E-state index is 12.8. The van der Waals surface area contributed by atoms with E-state index in [1.165, 1.54) is 6.92 Å². The molecule has 3 aromatic heterocycles. The molecule has 6 rings (SSSR count). The van der Waals surface area contributed by atoms with E-state index >= 15 is 0 Å². The van der Waals surface area contributed by atoms with Gasteiger partial charge in [-0.25, -0.2) is 19.1 Å². The normalized spacial score (nSPS) is 25.6. The summed E-state index contributed by atoms with van der Waals surface area (Å²) in [6.07, 6.45) is -15.4. The SMILES string of the molecule is Cc1nnc(-c2ccc(OCCOCCOCCOCCOCCC(=O)NCC3O[C@H](OP(=O)(O)OP(=O)(O)OC[C@H]4O[C@@H](n5cnc6c(=O)[nH]c(C)nc65)[C@@H](O)C4O)C(O)[C@@H](O)[C@@H]3O)cc2)nn1. The van der Waals surface area contributed by atoms with Crippen LogP contribution < -0.4 is 15.6 Å². The molecule has 30 nitrogen and oxygen atoms in total. The molecule has 32 heteroatoms. The summed E-state index contributed by atoms with van der Waals surface area (Å²) >= 11 is 0. The van der Waals surface area contributed by atoms with E-state index in [0.29, 0.717) is 50.4 Å². The van der Waals surface area contributed by atoms with Gasteiger partial charge in [-0.3, -0.25) is 23.2 Å². The van der Waals surface area contributed by atoms with Gasteiger partial charge in [0.2, 0.25) is 11.7 Å². The number of rotatable bonds is 27. The number of nitrogens with zero attached hydrogens (tertiary/aromatic N) is 7. The quantitative estimate of drug-likeness (QED) is 0.0217. The number of aliphatic hydroxyl groups excluding tert-OH is 5. The van der Waals surface area contributed by atoms with Crippen LogP contribution in [0.15, 0.2) is 35.4 Å². The van der Waals surface area contributed by atoms with Gasteiger partial charge in [-0.1, -0.05) is 0 Å². The highest BCUT2D eigenvalue weighted by Crippen LogP contribution is 2.61. The molecule has 2 aliphatic heterocycles. The van der Waals surface area contributed by atoms with E-state index in [2.05, 4.69) is 45.0 Å². The number of amides is 1. The number of hydrogen-bond acceptors (Lipinski definition) is 25. The predicted molar refractivity (Wildman–Crippen MR) is 227 cm³/mol. The van der Waals surface area contributed by atoms with Crippen molar-refractivity contribution < 1.29 is 95.8 Å². The van der Waals surface area contributed by atoms with Crippen molar-refractivity contribution in [3.05, 3.63) is 52.6 Å². The van der Waals surface area contributed by atoms with E-state index in [1.807, 2.05) is 12.1 Å². The van der Waals surface area contributed by atoms with Crippen molar-refractivity contribution in [3.8, 4) is 17.1 Å². The third kappa shape index (κ3) is 15.5. The number of benzene rings is 1. The van der Waals surface area contributed by atoms with E-state index in [4.69, 9.17) is 42.2 Å². The van der Waals surface area contributed by atoms with Crippen molar-refractivity contribution in [2.24, 2.45) is 0 Å². The van der Waals surface area contributed by atoms with Crippen molar-refractivity contribution in [1.82, 2.24) is 45.2 Å². The van der Waals surface area contributed by atoms with Gasteiger partial charge in [0.15, 0.2) is 29.5 Å². The summed E-state index contributed by atoms with van der Waals surface area (Å²) in [6, 6.07) is 7.19. The number of carbonyl (C=O) groups excluding carboxylic acids is 1. The number of phosphoric acid groups is 2. The largest absolute Gasteiger partial charge is 0.491 e. The monoisotopic (exact) mass is 1020 g/mol. The Morgan fingerprint density at radius 1 is 0.768 bits per heavy atom. The van der Waals surface area contributed by atoms with E-state index in [9.17, 15) is 54.0 Å². The number of aromatic amines is 1. The second-order valence-corrected chi connectivity index (χ2v) is 18.1. The van der Waals surface area contributed by atoms with Gasteiger partial charge in [0.1, 0.15) is 60.9 Å². The first-order valence-corrected chi connectivity index (χ1v) is 24.1. The Bertz CT molecular complexity index is 2420. The van der Waals surface area contributed by atoms with Gasteiger partial charge in [0, 0.05) is 18.5 Å². The van der Waals surface area contributed by atoms with Crippen molar-refractivity contribution in [3.63, 3.8) is 0 Å². The topological polar surface area (TPSA) is 412 Å². The highest BCUT2D eigenvalue weighted by molar-refractivity contribution is 7.61. The highest BCUT2D eigenvalue weighted by Gasteiger charge is 2.50. The standard InChI is InChI=1S/C37H53N9O21P2/c1-20-40-34-27(35(53)41-20)39-19-46(34)36-31(51)29(49)25(64-36)18-63-68(54,55)67-69(56,57)66-37-32(52)30(50)28(48)24(65-37)17-38-26(47)7-8-58-9-10-59-11-12-60-13-14-61-15-16-62-23-5-3-22(4-6-23)33-44-42-21(2)43-45-33/h3-6,19,24-25,28-32,36-37,48-52H,7-18H2,1-2H3,(H,38,47)(H,54,55)(H,56,57)(H,40,41,53)/t24?,25-,28-,29?,30+,31+,32?,36-,37-/m1/s1. The van der Waals surface area contributed by atoms with Crippen molar-refractivity contribution in [2.75, 3.05) is 72.6 Å². The molecule has 0 radical (unpaired) electrons. The van der Waals surface area contributed by atoms with Crippen LogP contribution in [-0.2, 0) is 55.7 Å². The molecule has 11 atom stereocenters. The number of aromatic nitrogens is 8. The summed E-state index contributed by atoms with van der Waals surface area (Å²) < 4.78 is 78.6. The molecule has 0 spiro atoms. The van der Waals surface area contributed by atoms with Crippen LogP contribution in [0.25, 0.3) is 22.6 Å². The van der Waals surface area contributed by atoms with E-state index < -0.39 is 95.5 Å². The zero-order valence-electron chi connectivity index (χ0n) is 36.9. The third-order valence-electron chi connectivity index (χ3n) is 9.95. The molecule has 2 aliphatic rings. The summed E-state index contributed by atoms with van der Waals surface area (Å²) in [5, 5.41) is 70.6. The zero-order valence-corrected chi connectivity index (χ0v) is 38.7. The van der Waals surface area contributed by atoms with Crippen LogP contribution in [0.3, 0.4) is 0 Å². The van der Waals surface area contributed by atoms with Crippen molar-refractivity contribution >= 4 is 32.7 Å². The number of H-pyrrole nitrogens is 1. The number of ether oxygens (including phenoxy) is 7. The van der Waals surface area contributed by atoms with Crippen LogP contribution in [0.1, 0.15) is 24.3 Å². The first-order chi connectivity index (χ1) is 32.9. The average molecular weight is 1020 g/mol. The fourth-order valence-electron chi connectivity index (χ4n) is 6.51. The van der Waals surface area contributed by atoms with Crippen LogP contribution in [0.2, 0.25) is 0 Å². The molecular formula is C37H53N9O21P2. The molecule has 69 heavy (non-hydrogen) atoms. The van der Waals surface area contributed by atoms with Crippen LogP contribution in [0.5, 0.6) is 5.75 Å². The van der Waals surface area contributed by atoms with Crippen molar-refractivity contribution in [1.29, 1.82) is 0 Å². The Morgan fingerprint density at radius 2 is 1.38 bits per heavy atom. The van der Waals surface area contributed by atoms with Gasteiger partial charge < -0.3 is 78.8 Å². The number of hydrogen-bond donors (Lipinski definition) is 9. The molecule has 5 heterocycles. The van der Waals surface area contributed by atoms with Gasteiger partial charge >= 0.3 is 15.6 Å². The number of carbonyl (C=O) groups is 1. The van der Waals surface area contributed by atoms with Gasteiger partial charge in [-0.05, 0) is 38.1 Å². The minimum Gasteiger partial charge on any atom is -0.491 e. The lowest BCUT2D eigenvalue weighted by Crippen LogP contribution is -2.60. The van der Waals surface area contributed by atoms with Gasteiger partial charge in [0.05, 0.1) is 65.8 Å². The fraction of sp³-hybridized carbons (Fsp3) is 0.622. The van der Waals surface area contributed by atoms with Crippen LogP contribution >= 0.6 is 15.6 Å². The number of aryl methyl sites for hydroxylation is 2. The average Bonchev–Trinajstić information content (AvgIpc) is 3.85. The summed E-state index contributed by atoms with van der Waals surface area (Å²) in [4.78, 5) is 55.7. The summed E-state index contributed by atoms with van der Waals surface area (Å²) in [5.41, 5.74) is 0.0641. The van der Waals surface area contributed by atoms with Crippen LogP contribution in [0.4, 0.5) is 0 Å². The minimum absolute atomic E-state index is 0.00847. The number of fused-ring (bicyclic) bond motifs is 1.